The molecule has 0 spiro atoms. The number of hydrogen-bond donors (Lipinski definition) is 1. The number of carbonyl (C=O) groups excluding carboxylic acids is 1. The van der Waals surface area contributed by atoms with Gasteiger partial charge in [-0.3, -0.25) is 9.59 Å². The Morgan fingerprint density at radius 2 is 2.08 bits per heavy atom. The van der Waals surface area contributed by atoms with Gasteiger partial charge < -0.3 is 10.0 Å². The lowest BCUT2D eigenvalue weighted by atomic mass is 9.93. The standard InChI is InChI=1S/C16H17ClN2O3S2/c17-13-2-1-12(24-13)16-18-11(9-23-16)8-14(20)19-5-3-10(4-6-19)7-15(21)22/h1-2,9-10H,3-8H2,(H,21,22). The monoisotopic (exact) mass is 384 g/mol. The predicted molar refractivity (Wildman–Crippen MR) is 95.7 cm³/mol. The third kappa shape index (κ3) is 4.34. The van der Waals surface area contributed by atoms with Crippen molar-refractivity contribution in [1.82, 2.24) is 9.88 Å². The van der Waals surface area contributed by atoms with Gasteiger partial charge in [0.15, 0.2) is 0 Å². The van der Waals surface area contributed by atoms with Crippen LogP contribution in [0.1, 0.15) is 25.0 Å². The molecule has 1 aliphatic heterocycles. The predicted octanol–water partition coefficient (Wildman–Crippen LogP) is 3.78. The number of thiophene rings is 1. The molecular weight excluding hydrogens is 368 g/mol. The quantitative estimate of drug-likeness (QED) is 0.851. The van der Waals surface area contributed by atoms with Crippen LogP contribution in [0, 0.1) is 5.92 Å². The topological polar surface area (TPSA) is 70.5 Å². The Morgan fingerprint density at radius 1 is 1.33 bits per heavy atom. The van der Waals surface area contributed by atoms with Crippen LogP contribution >= 0.6 is 34.3 Å². The molecule has 2 aromatic rings. The summed E-state index contributed by atoms with van der Waals surface area (Å²) in [6.07, 6.45) is 2.00. The fourth-order valence-electron chi connectivity index (χ4n) is 2.83. The van der Waals surface area contributed by atoms with Gasteiger partial charge in [-0.1, -0.05) is 11.6 Å². The van der Waals surface area contributed by atoms with Gasteiger partial charge in [-0.25, -0.2) is 4.98 Å². The minimum atomic E-state index is -0.761. The van der Waals surface area contributed by atoms with E-state index in [2.05, 4.69) is 4.98 Å². The van der Waals surface area contributed by atoms with Crippen LogP contribution in [0.2, 0.25) is 4.34 Å². The van der Waals surface area contributed by atoms with Crippen LogP contribution in [0.15, 0.2) is 17.5 Å². The van der Waals surface area contributed by atoms with E-state index in [4.69, 9.17) is 16.7 Å². The summed E-state index contributed by atoms with van der Waals surface area (Å²) >= 11 is 8.94. The van der Waals surface area contributed by atoms with E-state index < -0.39 is 5.97 Å². The van der Waals surface area contributed by atoms with Crippen molar-refractivity contribution in [3.8, 4) is 9.88 Å². The summed E-state index contributed by atoms with van der Waals surface area (Å²) in [4.78, 5) is 30.5. The number of aliphatic carboxylic acids is 1. The summed E-state index contributed by atoms with van der Waals surface area (Å²) < 4.78 is 0.724. The number of rotatable bonds is 5. The van der Waals surface area contributed by atoms with Crippen LogP contribution < -0.4 is 0 Å². The van der Waals surface area contributed by atoms with Gasteiger partial charge in [-0.2, -0.15) is 0 Å². The Kier molecular flexibility index (Phi) is 5.53. The maximum absolute atomic E-state index is 12.4. The lowest BCUT2D eigenvalue weighted by Gasteiger charge is -2.31. The van der Waals surface area contributed by atoms with Crippen LogP contribution in [-0.2, 0) is 16.0 Å². The molecule has 0 unspecified atom stereocenters. The molecule has 0 aromatic carbocycles. The van der Waals surface area contributed by atoms with Gasteiger partial charge in [0.25, 0.3) is 0 Å². The van der Waals surface area contributed by atoms with Crippen LogP contribution in [0.5, 0.6) is 0 Å². The molecule has 0 aliphatic carbocycles. The second kappa shape index (κ2) is 7.63. The van der Waals surface area contributed by atoms with E-state index in [-0.39, 0.29) is 18.2 Å². The summed E-state index contributed by atoms with van der Waals surface area (Å²) in [6.45, 7) is 1.27. The molecule has 3 heterocycles. The average Bonchev–Trinajstić information content (AvgIpc) is 3.16. The van der Waals surface area contributed by atoms with Crippen LogP contribution in [0.4, 0.5) is 0 Å². The van der Waals surface area contributed by atoms with Crippen molar-refractivity contribution in [2.45, 2.75) is 25.7 Å². The normalized spacial score (nSPS) is 15.6. The van der Waals surface area contributed by atoms with Crippen LogP contribution in [0.3, 0.4) is 0 Å². The van der Waals surface area contributed by atoms with Gasteiger partial charge in [-0.05, 0) is 30.9 Å². The zero-order chi connectivity index (χ0) is 17.1. The first-order valence-electron chi connectivity index (χ1n) is 7.71. The van der Waals surface area contributed by atoms with Crippen LogP contribution in [-0.4, -0.2) is 40.0 Å². The molecule has 1 N–H and O–H groups in total. The highest BCUT2D eigenvalue weighted by molar-refractivity contribution is 7.23. The van der Waals surface area contributed by atoms with Crippen molar-refractivity contribution < 1.29 is 14.7 Å². The number of thiazole rings is 1. The van der Waals surface area contributed by atoms with Crippen molar-refractivity contribution in [3.05, 3.63) is 27.5 Å². The Bertz CT molecular complexity index is 735. The van der Waals surface area contributed by atoms with E-state index in [1.54, 1.807) is 0 Å². The molecular formula is C16H17ClN2O3S2. The first-order valence-corrected chi connectivity index (χ1v) is 9.78. The Balaban J connectivity index is 1.54. The van der Waals surface area contributed by atoms with Crippen molar-refractivity contribution in [1.29, 1.82) is 0 Å². The summed E-state index contributed by atoms with van der Waals surface area (Å²) in [7, 11) is 0. The fraction of sp³-hybridized carbons (Fsp3) is 0.438. The largest absolute Gasteiger partial charge is 0.481 e. The molecule has 0 radical (unpaired) electrons. The van der Waals surface area contributed by atoms with Gasteiger partial charge in [0.1, 0.15) is 5.01 Å². The molecule has 1 aliphatic rings. The molecule has 8 heteroatoms. The summed E-state index contributed by atoms with van der Waals surface area (Å²) in [5, 5.41) is 11.6. The minimum absolute atomic E-state index is 0.0600. The van der Waals surface area contributed by atoms with Gasteiger partial charge in [0.05, 0.1) is 21.3 Å². The third-order valence-electron chi connectivity index (χ3n) is 4.10. The SMILES string of the molecule is O=C(O)CC1CCN(C(=O)Cc2csc(-c3ccc(Cl)s3)n2)CC1. The average molecular weight is 385 g/mol. The van der Waals surface area contributed by atoms with Gasteiger partial charge in [0, 0.05) is 24.9 Å². The lowest BCUT2D eigenvalue weighted by Crippen LogP contribution is -2.39. The molecule has 0 bridgehead atoms. The zero-order valence-electron chi connectivity index (χ0n) is 12.9. The Hall–Kier alpha value is -1.44. The van der Waals surface area contributed by atoms with Gasteiger partial charge >= 0.3 is 5.97 Å². The third-order valence-corrected chi connectivity index (χ3v) is 6.39. The number of carboxylic acids is 1. The van der Waals surface area contributed by atoms with E-state index in [1.165, 1.54) is 22.7 Å². The molecule has 2 aromatic heterocycles. The number of aromatic nitrogens is 1. The highest BCUT2D eigenvalue weighted by Crippen LogP contribution is 2.33. The van der Waals surface area contributed by atoms with Gasteiger partial charge in [-0.15, -0.1) is 22.7 Å². The first-order chi connectivity index (χ1) is 11.5. The number of hydrogen-bond acceptors (Lipinski definition) is 5. The van der Waals surface area contributed by atoms with E-state index in [0.29, 0.717) is 19.5 Å². The number of carbonyl (C=O) groups is 2. The highest BCUT2D eigenvalue weighted by atomic mass is 35.5. The molecule has 3 rings (SSSR count). The molecule has 1 amide bonds. The second-order valence-corrected chi connectivity index (χ2v) is 8.42. The highest BCUT2D eigenvalue weighted by Gasteiger charge is 2.24. The Morgan fingerprint density at radius 3 is 2.71 bits per heavy atom. The van der Waals surface area contributed by atoms with E-state index in [9.17, 15) is 9.59 Å². The first kappa shape index (κ1) is 17.4. The number of amides is 1. The summed E-state index contributed by atoms with van der Waals surface area (Å²) in [6, 6.07) is 3.78. The fourth-order valence-corrected chi connectivity index (χ4v) is 4.77. The molecule has 1 fully saturated rings. The number of likely N-dealkylation sites (tertiary alicyclic amines) is 1. The smallest absolute Gasteiger partial charge is 0.303 e. The van der Waals surface area contributed by atoms with Crippen molar-refractivity contribution in [3.63, 3.8) is 0 Å². The van der Waals surface area contributed by atoms with E-state index in [0.717, 1.165) is 32.8 Å². The lowest BCUT2D eigenvalue weighted by molar-refractivity contribution is -0.138. The zero-order valence-corrected chi connectivity index (χ0v) is 15.3. The van der Waals surface area contributed by atoms with E-state index in [1.807, 2.05) is 22.4 Å². The number of piperidine rings is 1. The summed E-state index contributed by atoms with van der Waals surface area (Å²) in [5.74, 6) is -0.519. The second-order valence-electron chi connectivity index (χ2n) is 5.85. The van der Waals surface area contributed by atoms with E-state index >= 15 is 0 Å². The molecule has 5 nitrogen and oxygen atoms in total. The van der Waals surface area contributed by atoms with Crippen molar-refractivity contribution >= 4 is 46.2 Å². The number of halogens is 1. The number of nitrogens with zero attached hydrogens (tertiary/aromatic N) is 2. The molecule has 0 saturated carbocycles. The Labute approximate surface area is 152 Å². The van der Waals surface area contributed by atoms with Gasteiger partial charge in [0.2, 0.25) is 5.91 Å². The number of carboxylic acid groups (broad SMARTS) is 1. The summed E-state index contributed by atoms with van der Waals surface area (Å²) in [5.41, 5.74) is 0.775. The molecule has 1 saturated heterocycles. The molecule has 128 valence electrons. The van der Waals surface area contributed by atoms with Crippen molar-refractivity contribution in [2.24, 2.45) is 5.92 Å². The maximum Gasteiger partial charge on any atom is 0.303 e. The van der Waals surface area contributed by atoms with Crippen LogP contribution in [0.25, 0.3) is 9.88 Å². The maximum atomic E-state index is 12.4. The minimum Gasteiger partial charge on any atom is -0.481 e. The van der Waals surface area contributed by atoms with Crippen molar-refractivity contribution in [2.75, 3.05) is 13.1 Å². The molecule has 24 heavy (non-hydrogen) atoms. The molecule has 0 atom stereocenters.